The Kier molecular flexibility index (Phi) is 4.53. The molecule has 20 heavy (non-hydrogen) atoms. The molecule has 0 bridgehead atoms. The van der Waals surface area contributed by atoms with Crippen LogP contribution < -0.4 is 10.2 Å². The molecule has 2 fully saturated rings. The van der Waals surface area contributed by atoms with Crippen LogP contribution in [-0.4, -0.2) is 48.6 Å². The summed E-state index contributed by atoms with van der Waals surface area (Å²) < 4.78 is 0. The summed E-state index contributed by atoms with van der Waals surface area (Å²) in [5, 5.41) is 3.42. The summed E-state index contributed by atoms with van der Waals surface area (Å²) in [6, 6.07) is 5.28. The second kappa shape index (κ2) is 6.55. The fraction of sp³-hybridized carbons (Fsp3) is 0.688. The highest BCUT2D eigenvalue weighted by atomic mass is 15.3. The zero-order chi connectivity index (χ0) is 13.8. The first-order chi connectivity index (χ1) is 9.86. The van der Waals surface area contributed by atoms with E-state index < -0.39 is 0 Å². The Hall–Kier alpha value is -1.13. The molecule has 4 heteroatoms. The average molecular weight is 274 g/mol. The van der Waals surface area contributed by atoms with Gasteiger partial charge < -0.3 is 10.2 Å². The summed E-state index contributed by atoms with van der Waals surface area (Å²) in [6.07, 6.45) is 6.03. The lowest BCUT2D eigenvalue weighted by Crippen LogP contribution is -2.47. The van der Waals surface area contributed by atoms with Crippen LogP contribution in [0, 0.1) is 0 Å². The van der Waals surface area contributed by atoms with Gasteiger partial charge in [-0.1, -0.05) is 13.0 Å². The number of rotatable bonds is 6. The number of pyridine rings is 1. The molecule has 0 unspecified atom stereocenters. The predicted molar refractivity (Wildman–Crippen MR) is 83.0 cm³/mol. The maximum atomic E-state index is 4.63. The Labute approximate surface area is 122 Å². The summed E-state index contributed by atoms with van der Waals surface area (Å²) in [7, 11) is 0. The Bertz CT molecular complexity index is 405. The van der Waals surface area contributed by atoms with Gasteiger partial charge in [-0.15, -0.1) is 0 Å². The van der Waals surface area contributed by atoms with Gasteiger partial charge in [0, 0.05) is 45.0 Å². The molecule has 4 nitrogen and oxygen atoms in total. The van der Waals surface area contributed by atoms with E-state index in [2.05, 4.69) is 39.2 Å². The van der Waals surface area contributed by atoms with E-state index in [9.17, 15) is 0 Å². The normalized spacial score (nSPS) is 20.4. The molecule has 1 aromatic rings. The van der Waals surface area contributed by atoms with E-state index in [4.69, 9.17) is 0 Å². The standard InChI is InChI=1S/C16H26N4/c1-2-7-17-12-14-3-6-16(18-13-14)20-10-8-19(9-11-20)15-4-5-15/h3,6,13,15,17H,2,4-5,7-12H2,1H3. The van der Waals surface area contributed by atoms with Gasteiger partial charge in [0.2, 0.25) is 0 Å². The van der Waals surface area contributed by atoms with Crippen LogP contribution in [0.4, 0.5) is 5.82 Å². The van der Waals surface area contributed by atoms with Crippen LogP contribution in [0.2, 0.25) is 0 Å². The van der Waals surface area contributed by atoms with Crippen molar-refractivity contribution in [1.29, 1.82) is 0 Å². The first-order valence-electron chi connectivity index (χ1n) is 8.01. The van der Waals surface area contributed by atoms with Crippen molar-refractivity contribution in [3.63, 3.8) is 0 Å². The lowest BCUT2D eigenvalue weighted by Gasteiger charge is -2.35. The number of piperazine rings is 1. The minimum Gasteiger partial charge on any atom is -0.354 e. The fourth-order valence-corrected chi connectivity index (χ4v) is 2.87. The highest BCUT2D eigenvalue weighted by Gasteiger charge is 2.31. The first-order valence-corrected chi connectivity index (χ1v) is 8.01. The van der Waals surface area contributed by atoms with Crippen LogP contribution in [0.15, 0.2) is 18.3 Å². The molecule has 0 amide bonds. The molecule has 3 rings (SSSR count). The third-order valence-electron chi connectivity index (χ3n) is 4.27. The Morgan fingerprint density at radius 1 is 1.20 bits per heavy atom. The van der Waals surface area contributed by atoms with Crippen molar-refractivity contribution in [1.82, 2.24) is 15.2 Å². The molecule has 0 radical (unpaired) electrons. The Morgan fingerprint density at radius 2 is 2.00 bits per heavy atom. The highest BCUT2D eigenvalue weighted by Crippen LogP contribution is 2.28. The predicted octanol–water partition coefficient (Wildman–Crippen LogP) is 1.87. The molecule has 0 atom stereocenters. The fourth-order valence-electron chi connectivity index (χ4n) is 2.87. The smallest absolute Gasteiger partial charge is 0.128 e. The van der Waals surface area contributed by atoms with Crippen LogP contribution in [0.5, 0.6) is 0 Å². The van der Waals surface area contributed by atoms with Crippen LogP contribution in [0.25, 0.3) is 0 Å². The van der Waals surface area contributed by atoms with E-state index in [0.717, 1.165) is 38.0 Å². The molecular weight excluding hydrogens is 248 g/mol. The molecule has 1 N–H and O–H groups in total. The van der Waals surface area contributed by atoms with Crippen molar-refractivity contribution < 1.29 is 0 Å². The second-order valence-corrected chi connectivity index (χ2v) is 5.96. The molecule has 1 aliphatic heterocycles. The molecule has 1 saturated heterocycles. The van der Waals surface area contributed by atoms with Gasteiger partial charge >= 0.3 is 0 Å². The quantitative estimate of drug-likeness (QED) is 0.803. The summed E-state index contributed by atoms with van der Waals surface area (Å²) in [4.78, 5) is 9.69. The second-order valence-electron chi connectivity index (χ2n) is 5.96. The monoisotopic (exact) mass is 274 g/mol. The van der Waals surface area contributed by atoms with E-state index in [1.165, 1.54) is 37.9 Å². The Morgan fingerprint density at radius 3 is 2.60 bits per heavy atom. The molecule has 2 aliphatic rings. The number of anilines is 1. The van der Waals surface area contributed by atoms with Gasteiger partial charge in [-0.25, -0.2) is 4.98 Å². The van der Waals surface area contributed by atoms with Gasteiger partial charge in [0.15, 0.2) is 0 Å². The van der Waals surface area contributed by atoms with Crippen LogP contribution in [0.1, 0.15) is 31.7 Å². The van der Waals surface area contributed by atoms with Gasteiger partial charge in [0.05, 0.1) is 0 Å². The Balaban J connectivity index is 1.49. The van der Waals surface area contributed by atoms with E-state index >= 15 is 0 Å². The number of nitrogens with zero attached hydrogens (tertiary/aromatic N) is 3. The van der Waals surface area contributed by atoms with Crippen LogP contribution >= 0.6 is 0 Å². The van der Waals surface area contributed by atoms with E-state index in [-0.39, 0.29) is 0 Å². The summed E-state index contributed by atoms with van der Waals surface area (Å²) >= 11 is 0. The largest absolute Gasteiger partial charge is 0.354 e. The maximum Gasteiger partial charge on any atom is 0.128 e. The molecule has 110 valence electrons. The number of hydrogen-bond donors (Lipinski definition) is 1. The summed E-state index contributed by atoms with van der Waals surface area (Å²) in [5.74, 6) is 1.14. The molecule has 1 aromatic heterocycles. The lowest BCUT2D eigenvalue weighted by atomic mass is 10.2. The number of hydrogen-bond acceptors (Lipinski definition) is 4. The first kappa shape index (κ1) is 13.8. The molecule has 2 heterocycles. The molecule has 1 saturated carbocycles. The van der Waals surface area contributed by atoms with Crippen molar-refractivity contribution in [2.24, 2.45) is 0 Å². The number of aromatic nitrogens is 1. The zero-order valence-electron chi connectivity index (χ0n) is 12.5. The minimum absolute atomic E-state index is 0.900. The molecule has 0 spiro atoms. The minimum atomic E-state index is 0.900. The van der Waals surface area contributed by atoms with Crippen molar-refractivity contribution >= 4 is 5.82 Å². The third-order valence-corrected chi connectivity index (χ3v) is 4.27. The van der Waals surface area contributed by atoms with Gasteiger partial charge in [-0.05, 0) is 37.4 Å². The van der Waals surface area contributed by atoms with Gasteiger partial charge in [-0.3, -0.25) is 4.90 Å². The topological polar surface area (TPSA) is 31.4 Å². The molecule has 0 aromatic carbocycles. The van der Waals surface area contributed by atoms with Crippen LogP contribution in [-0.2, 0) is 6.54 Å². The summed E-state index contributed by atoms with van der Waals surface area (Å²) in [5.41, 5.74) is 1.28. The van der Waals surface area contributed by atoms with E-state index in [1.807, 2.05) is 6.20 Å². The van der Waals surface area contributed by atoms with Gasteiger partial charge in [0.1, 0.15) is 5.82 Å². The SMILES string of the molecule is CCCNCc1ccc(N2CCN(C3CC3)CC2)nc1. The highest BCUT2D eigenvalue weighted by molar-refractivity contribution is 5.40. The van der Waals surface area contributed by atoms with E-state index in [1.54, 1.807) is 0 Å². The van der Waals surface area contributed by atoms with Crippen molar-refractivity contribution in [2.75, 3.05) is 37.6 Å². The van der Waals surface area contributed by atoms with Gasteiger partial charge in [-0.2, -0.15) is 0 Å². The van der Waals surface area contributed by atoms with Gasteiger partial charge in [0.25, 0.3) is 0 Å². The molecular formula is C16H26N4. The lowest BCUT2D eigenvalue weighted by molar-refractivity contribution is 0.247. The van der Waals surface area contributed by atoms with Crippen molar-refractivity contribution in [3.8, 4) is 0 Å². The summed E-state index contributed by atoms with van der Waals surface area (Å²) in [6.45, 7) is 8.84. The third kappa shape index (κ3) is 3.49. The maximum absolute atomic E-state index is 4.63. The van der Waals surface area contributed by atoms with Crippen molar-refractivity contribution in [2.45, 2.75) is 38.8 Å². The zero-order valence-corrected chi connectivity index (χ0v) is 12.5. The van der Waals surface area contributed by atoms with E-state index in [0.29, 0.717) is 0 Å². The van der Waals surface area contributed by atoms with Crippen molar-refractivity contribution in [3.05, 3.63) is 23.9 Å². The molecule has 1 aliphatic carbocycles. The van der Waals surface area contributed by atoms with Crippen LogP contribution in [0.3, 0.4) is 0 Å². The number of nitrogens with one attached hydrogen (secondary N) is 1. The average Bonchev–Trinajstić information content (AvgIpc) is 3.33.